The van der Waals surface area contributed by atoms with E-state index in [4.69, 9.17) is 12.2 Å². The van der Waals surface area contributed by atoms with E-state index in [0.29, 0.717) is 13.3 Å². The highest BCUT2D eigenvalue weighted by molar-refractivity contribution is 5.72. The van der Waals surface area contributed by atoms with Crippen molar-refractivity contribution in [2.75, 3.05) is 0 Å². The minimum atomic E-state index is -0.934. The van der Waals surface area contributed by atoms with Crippen LogP contribution in [0.1, 0.15) is 34.0 Å². The highest BCUT2D eigenvalue weighted by atomic mass is 16.4. The lowest BCUT2D eigenvalue weighted by Gasteiger charge is -2.03. The summed E-state index contributed by atoms with van der Waals surface area (Å²) in [6.45, 7) is 0.419. The summed E-state index contributed by atoms with van der Waals surface area (Å²) in [5.41, 5.74) is 5.25. The van der Waals surface area contributed by atoms with E-state index in [9.17, 15) is 4.79 Å². The number of hydrogen-bond donors (Lipinski definition) is 2. The van der Waals surface area contributed by atoms with Gasteiger partial charge in [-0.15, -0.1) is 0 Å². The van der Waals surface area contributed by atoms with Gasteiger partial charge in [0.15, 0.2) is 0 Å². The molecule has 0 aromatic rings. The van der Waals surface area contributed by atoms with Gasteiger partial charge >= 0.3 is 5.97 Å². The van der Waals surface area contributed by atoms with Gasteiger partial charge in [-0.1, -0.05) is 26.2 Å². The van der Waals surface area contributed by atoms with E-state index in [0.717, 1.165) is 19.3 Å². The third kappa shape index (κ3) is 4.32. The van der Waals surface area contributed by atoms with Gasteiger partial charge in [0, 0.05) is 1.37 Å². The van der Waals surface area contributed by atoms with Crippen LogP contribution in [0.4, 0.5) is 0 Å². The van der Waals surface area contributed by atoms with Crippen molar-refractivity contribution in [3.05, 3.63) is 0 Å². The standard InChI is InChI=1S/C7H15NO2/c1-2-3-4-5-6(8)7(9)10/h6H,2-5,8H2,1H3,(H,9,10)/t6-/m0/s1/i1D. The smallest absolute Gasteiger partial charge is 0.320 e. The molecular weight excluding hydrogens is 130 g/mol. The van der Waals surface area contributed by atoms with Crippen molar-refractivity contribution in [3.8, 4) is 0 Å². The summed E-state index contributed by atoms with van der Waals surface area (Å²) in [4.78, 5) is 10.2. The van der Waals surface area contributed by atoms with Crippen LogP contribution in [-0.4, -0.2) is 17.1 Å². The largest absolute Gasteiger partial charge is 0.480 e. The first-order valence-corrected chi connectivity index (χ1v) is 3.46. The lowest BCUT2D eigenvalue weighted by molar-refractivity contribution is -0.138. The molecule has 0 aliphatic carbocycles. The van der Waals surface area contributed by atoms with Gasteiger partial charge in [-0.3, -0.25) is 4.79 Å². The van der Waals surface area contributed by atoms with Crippen molar-refractivity contribution in [3.63, 3.8) is 0 Å². The zero-order valence-electron chi connectivity index (χ0n) is 7.05. The first-order valence-electron chi connectivity index (χ1n) is 4.17. The number of aliphatic carboxylic acids is 1. The molecule has 0 radical (unpaired) electrons. The molecule has 0 aromatic heterocycles. The van der Waals surface area contributed by atoms with E-state index in [1.165, 1.54) is 0 Å². The number of nitrogens with two attached hydrogens (primary N) is 1. The fourth-order valence-corrected chi connectivity index (χ4v) is 0.665. The van der Waals surface area contributed by atoms with Gasteiger partial charge in [0.25, 0.3) is 0 Å². The third-order valence-electron chi connectivity index (χ3n) is 1.33. The summed E-state index contributed by atoms with van der Waals surface area (Å²) in [6, 6.07) is -0.722. The van der Waals surface area contributed by atoms with E-state index in [1.807, 2.05) is 0 Å². The first kappa shape index (κ1) is 7.54. The molecule has 0 amide bonds. The summed E-state index contributed by atoms with van der Waals surface area (Å²) in [7, 11) is 0. The number of rotatable bonds is 5. The minimum absolute atomic E-state index is 0.419. The monoisotopic (exact) mass is 146 g/mol. The number of carboxylic acids is 1. The Morgan fingerprint density at radius 3 is 3.00 bits per heavy atom. The molecule has 0 unspecified atom stereocenters. The van der Waals surface area contributed by atoms with Crippen molar-refractivity contribution in [1.82, 2.24) is 0 Å². The van der Waals surface area contributed by atoms with Gasteiger partial charge in [-0.2, -0.15) is 0 Å². The molecule has 3 N–H and O–H groups in total. The summed E-state index contributed by atoms with van der Waals surface area (Å²) in [5, 5.41) is 8.38. The molecule has 10 heavy (non-hydrogen) atoms. The second-order valence-electron chi connectivity index (χ2n) is 2.29. The van der Waals surface area contributed by atoms with Crippen molar-refractivity contribution < 1.29 is 11.3 Å². The molecule has 1 atom stereocenters. The van der Waals surface area contributed by atoms with E-state index in [1.54, 1.807) is 0 Å². The van der Waals surface area contributed by atoms with E-state index in [-0.39, 0.29) is 0 Å². The second-order valence-corrected chi connectivity index (χ2v) is 2.29. The topological polar surface area (TPSA) is 63.3 Å². The highest BCUT2D eigenvalue weighted by Crippen LogP contribution is 2.01. The van der Waals surface area contributed by atoms with Gasteiger partial charge in [0.05, 0.1) is 0 Å². The summed E-state index contributed by atoms with van der Waals surface area (Å²) in [5.74, 6) is -0.934. The average molecular weight is 146 g/mol. The van der Waals surface area contributed by atoms with Crippen molar-refractivity contribution in [2.24, 2.45) is 5.73 Å². The van der Waals surface area contributed by atoms with Crippen LogP contribution in [0.25, 0.3) is 0 Å². The molecule has 3 nitrogen and oxygen atoms in total. The molecular formula is C7H15NO2. The molecule has 0 aromatic carbocycles. The normalized spacial score (nSPS) is 14.3. The third-order valence-corrected chi connectivity index (χ3v) is 1.33. The molecule has 0 saturated carbocycles. The predicted molar refractivity (Wildman–Crippen MR) is 39.8 cm³/mol. The van der Waals surface area contributed by atoms with Crippen LogP contribution in [-0.2, 0) is 4.79 Å². The number of hydrogen-bond acceptors (Lipinski definition) is 2. The average Bonchev–Trinajstić information content (AvgIpc) is 1.97. The zero-order chi connectivity index (χ0) is 8.69. The Morgan fingerprint density at radius 2 is 2.50 bits per heavy atom. The van der Waals surface area contributed by atoms with Gasteiger partial charge in [-0.05, 0) is 6.42 Å². The van der Waals surface area contributed by atoms with Crippen LogP contribution >= 0.6 is 0 Å². The first-order chi connectivity index (χ1) is 5.18. The molecule has 0 saturated heterocycles. The Morgan fingerprint density at radius 1 is 1.80 bits per heavy atom. The van der Waals surface area contributed by atoms with Crippen molar-refractivity contribution in [2.45, 2.75) is 38.6 Å². The van der Waals surface area contributed by atoms with Gasteiger partial charge in [-0.25, -0.2) is 0 Å². The second kappa shape index (κ2) is 5.23. The highest BCUT2D eigenvalue weighted by Gasteiger charge is 2.09. The Labute approximate surface area is 62.6 Å². The zero-order valence-corrected chi connectivity index (χ0v) is 6.05. The fourth-order valence-electron chi connectivity index (χ4n) is 0.665. The van der Waals surface area contributed by atoms with E-state index in [2.05, 4.69) is 0 Å². The van der Waals surface area contributed by atoms with Crippen molar-refractivity contribution >= 4 is 5.97 Å². The molecule has 0 fully saturated rings. The maximum absolute atomic E-state index is 10.2. The number of carbonyl (C=O) groups is 1. The fraction of sp³-hybridized carbons (Fsp3) is 0.857. The van der Waals surface area contributed by atoms with Crippen LogP contribution < -0.4 is 5.73 Å². The predicted octanol–water partition coefficient (Wildman–Crippen LogP) is 0.979. The van der Waals surface area contributed by atoms with Crippen LogP contribution in [0.5, 0.6) is 0 Å². The Hall–Kier alpha value is -0.570. The minimum Gasteiger partial charge on any atom is -0.480 e. The molecule has 0 rings (SSSR count). The Bertz CT molecular complexity index is 119. The van der Waals surface area contributed by atoms with Crippen LogP contribution in [0, 0.1) is 0 Å². The number of carboxylic acid groups (broad SMARTS) is 1. The van der Waals surface area contributed by atoms with Gasteiger partial charge in [0.1, 0.15) is 6.04 Å². The number of unbranched alkanes of at least 4 members (excludes halogenated alkanes) is 2. The van der Waals surface area contributed by atoms with Crippen LogP contribution in [0.3, 0.4) is 0 Å². The van der Waals surface area contributed by atoms with Crippen LogP contribution in [0.15, 0.2) is 0 Å². The Kier molecular flexibility index (Phi) is 3.94. The molecule has 0 aliphatic rings. The quantitative estimate of drug-likeness (QED) is 0.568. The lowest BCUT2D eigenvalue weighted by Crippen LogP contribution is -2.29. The van der Waals surface area contributed by atoms with Gasteiger partial charge in [0.2, 0.25) is 0 Å². The van der Waals surface area contributed by atoms with Crippen LogP contribution in [0.2, 0.25) is 0 Å². The molecule has 3 heteroatoms. The summed E-state index contributed by atoms with van der Waals surface area (Å²) in [6.07, 6.45) is 3.08. The molecule has 0 aliphatic heterocycles. The SMILES string of the molecule is [2H]CCCCC[C@H](N)C(=O)O. The van der Waals surface area contributed by atoms with Crippen molar-refractivity contribution in [1.29, 1.82) is 0 Å². The molecule has 60 valence electrons. The molecule has 0 spiro atoms. The molecule has 0 bridgehead atoms. The Balaban J connectivity index is 3.17. The maximum atomic E-state index is 10.2. The molecule has 0 heterocycles. The van der Waals surface area contributed by atoms with E-state index < -0.39 is 12.0 Å². The summed E-state index contributed by atoms with van der Waals surface area (Å²) >= 11 is 0. The maximum Gasteiger partial charge on any atom is 0.320 e. The summed E-state index contributed by atoms with van der Waals surface area (Å²) < 4.78 is 6.83. The van der Waals surface area contributed by atoms with E-state index >= 15 is 0 Å². The lowest BCUT2D eigenvalue weighted by atomic mass is 10.1. The van der Waals surface area contributed by atoms with Gasteiger partial charge < -0.3 is 10.8 Å².